The molecule has 15 nitrogen and oxygen atoms in total. The van der Waals surface area contributed by atoms with Crippen LogP contribution in [0.1, 0.15) is 42.2 Å². The van der Waals surface area contributed by atoms with Crippen LogP contribution in [0.15, 0.2) is 24.3 Å². The number of aliphatic carboxylic acids is 2. The van der Waals surface area contributed by atoms with E-state index >= 15 is 0 Å². The number of amides is 4. The Bertz CT molecular complexity index is 1560. The molecular formula is C30H35F2N5O10. The van der Waals surface area contributed by atoms with Crippen LogP contribution in [0.2, 0.25) is 0 Å². The standard InChI is InChI=1S/C30H35F2N5O10/c1-3-46-29(45)36-10-8-35(9-11-36)27(42)19(6-7-25(39)40)34-26(41)21-13-23(18-5-4-17(2)12-20(18)33-21)47-15-24(38)37-16-30(31,32)14-22(37)28(43)44/h4-5,12-13,19,22H,3,6-11,14-16H2,1-2H3,(H,34,41)(H,39,40)(H,43,44). The van der Waals surface area contributed by atoms with Crippen LogP contribution in [0.3, 0.4) is 0 Å². The molecule has 3 N–H and O–H groups in total. The zero-order chi connectivity index (χ0) is 34.5. The Balaban J connectivity index is 1.53. The van der Waals surface area contributed by atoms with E-state index in [1.165, 1.54) is 15.9 Å². The van der Waals surface area contributed by atoms with Gasteiger partial charge in [0.2, 0.25) is 5.91 Å². The van der Waals surface area contributed by atoms with Gasteiger partial charge < -0.3 is 39.7 Å². The summed E-state index contributed by atoms with van der Waals surface area (Å²) in [7, 11) is 0. The molecule has 2 aliphatic rings. The van der Waals surface area contributed by atoms with Crippen LogP contribution in [0, 0.1) is 6.92 Å². The summed E-state index contributed by atoms with van der Waals surface area (Å²) in [6.07, 6.45) is -2.23. The predicted molar refractivity (Wildman–Crippen MR) is 158 cm³/mol. The lowest BCUT2D eigenvalue weighted by Gasteiger charge is -2.35. The first-order chi connectivity index (χ1) is 22.2. The van der Waals surface area contributed by atoms with Crippen molar-refractivity contribution in [2.75, 3.05) is 45.9 Å². The molecule has 2 aromatic rings. The second kappa shape index (κ2) is 14.6. The lowest BCUT2D eigenvalue weighted by Crippen LogP contribution is -2.56. The second-order valence-corrected chi connectivity index (χ2v) is 11.2. The molecule has 0 bridgehead atoms. The van der Waals surface area contributed by atoms with Crippen LogP contribution in [-0.2, 0) is 23.9 Å². The van der Waals surface area contributed by atoms with Crippen molar-refractivity contribution in [3.05, 3.63) is 35.5 Å². The maximum absolute atomic E-state index is 13.9. The highest BCUT2D eigenvalue weighted by Gasteiger charge is 2.50. The van der Waals surface area contributed by atoms with Crippen molar-refractivity contribution in [1.29, 1.82) is 0 Å². The number of carbonyl (C=O) groups is 6. The van der Waals surface area contributed by atoms with Crippen molar-refractivity contribution in [2.45, 2.75) is 51.1 Å². The van der Waals surface area contributed by atoms with Gasteiger partial charge in [0.05, 0.1) is 18.7 Å². The molecule has 1 aromatic heterocycles. The molecule has 0 spiro atoms. The van der Waals surface area contributed by atoms with E-state index < -0.39 is 79.8 Å². The number of piperazine rings is 1. The lowest BCUT2D eigenvalue weighted by molar-refractivity contribution is -0.149. The fraction of sp³-hybridized carbons (Fsp3) is 0.500. The number of fused-ring (bicyclic) bond motifs is 1. The number of nitrogens with one attached hydrogen (secondary N) is 1. The SMILES string of the molecule is CCOC(=O)N1CCN(C(=O)C(CCC(=O)O)NC(=O)c2cc(OCC(=O)N3CC(F)(F)CC3C(=O)O)c3ccc(C)cc3n2)CC1. The second-order valence-electron chi connectivity index (χ2n) is 11.2. The number of pyridine rings is 1. The largest absolute Gasteiger partial charge is 0.483 e. The Labute approximate surface area is 267 Å². The van der Waals surface area contributed by atoms with Crippen LogP contribution in [-0.4, -0.2) is 130 Å². The third-order valence-electron chi connectivity index (χ3n) is 7.75. The summed E-state index contributed by atoms with van der Waals surface area (Å²) in [4.78, 5) is 82.3. The average Bonchev–Trinajstić information content (AvgIpc) is 3.36. The van der Waals surface area contributed by atoms with Crippen LogP contribution in [0.4, 0.5) is 13.6 Å². The number of alkyl halides is 2. The highest BCUT2D eigenvalue weighted by Crippen LogP contribution is 2.33. The van der Waals surface area contributed by atoms with Gasteiger partial charge in [0.25, 0.3) is 17.7 Å². The monoisotopic (exact) mass is 663 g/mol. The minimum atomic E-state index is -3.38. The summed E-state index contributed by atoms with van der Waals surface area (Å²) in [6.45, 7) is 2.34. The van der Waals surface area contributed by atoms with Gasteiger partial charge in [0.15, 0.2) is 6.61 Å². The number of ether oxygens (including phenoxy) is 2. The minimum absolute atomic E-state index is 0.0326. The van der Waals surface area contributed by atoms with Gasteiger partial charge in [-0.1, -0.05) is 6.07 Å². The van der Waals surface area contributed by atoms with Gasteiger partial charge in [-0.25, -0.2) is 23.4 Å². The molecule has 0 radical (unpaired) electrons. The van der Waals surface area contributed by atoms with E-state index in [2.05, 4.69) is 10.3 Å². The molecule has 1 aromatic carbocycles. The number of carboxylic acid groups (broad SMARTS) is 2. The fourth-order valence-corrected chi connectivity index (χ4v) is 5.37. The molecular weight excluding hydrogens is 628 g/mol. The van der Waals surface area contributed by atoms with E-state index in [9.17, 15) is 47.8 Å². The van der Waals surface area contributed by atoms with Crippen LogP contribution in [0.25, 0.3) is 10.9 Å². The molecule has 2 aliphatic heterocycles. The fourth-order valence-electron chi connectivity index (χ4n) is 5.37. The summed E-state index contributed by atoms with van der Waals surface area (Å²) < 4.78 is 38.5. The van der Waals surface area contributed by atoms with Crippen molar-refractivity contribution < 1.29 is 57.2 Å². The number of hydrogen-bond donors (Lipinski definition) is 3. The average molecular weight is 664 g/mol. The van der Waals surface area contributed by atoms with Crippen LogP contribution >= 0.6 is 0 Å². The zero-order valence-corrected chi connectivity index (χ0v) is 25.7. The van der Waals surface area contributed by atoms with Crippen LogP contribution < -0.4 is 10.1 Å². The molecule has 2 saturated heterocycles. The van der Waals surface area contributed by atoms with E-state index in [4.69, 9.17) is 9.47 Å². The third kappa shape index (κ3) is 8.59. The van der Waals surface area contributed by atoms with Gasteiger partial charge in [-0.05, 0) is 38.0 Å². The van der Waals surface area contributed by atoms with Gasteiger partial charge in [-0.2, -0.15) is 0 Å². The predicted octanol–water partition coefficient (Wildman–Crippen LogP) is 1.51. The maximum atomic E-state index is 13.9. The Morgan fingerprint density at radius 2 is 1.74 bits per heavy atom. The van der Waals surface area contributed by atoms with E-state index in [1.54, 1.807) is 32.0 Å². The molecule has 17 heteroatoms. The Morgan fingerprint density at radius 3 is 2.38 bits per heavy atom. The van der Waals surface area contributed by atoms with Gasteiger partial charge >= 0.3 is 18.0 Å². The van der Waals surface area contributed by atoms with E-state index in [1.807, 2.05) is 0 Å². The number of benzene rings is 1. The number of aromatic nitrogens is 1. The van der Waals surface area contributed by atoms with Crippen molar-refractivity contribution >= 4 is 46.7 Å². The number of likely N-dealkylation sites (tertiary alicyclic amines) is 1. The van der Waals surface area contributed by atoms with Crippen molar-refractivity contribution in [3.8, 4) is 5.75 Å². The molecule has 2 unspecified atom stereocenters. The number of nitrogens with zero attached hydrogens (tertiary/aromatic N) is 4. The summed E-state index contributed by atoms with van der Waals surface area (Å²) in [5, 5.41) is 21.5. The highest BCUT2D eigenvalue weighted by molar-refractivity contribution is 5.99. The minimum Gasteiger partial charge on any atom is -0.483 e. The summed E-state index contributed by atoms with van der Waals surface area (Å²) in [6, 6.07) is 3.13. The van der Waals surface area contributed by atoms with E-state index in [0.29, 0.717) is 10.3 Å². The molecule has 0 saturated carbocycles. The number of hydrogen-bond acceptors (Lipinski definition) is 9. The van der Waals surface area contributed by atoms with E-state index in [-0.39, 0.29) is 56.2 Å². The van der Waals surface area contributed by atoms with E-state index in [0.717, 1.165) is 5.56 Å². The highest BCUT2D eigenvalue weighted by atomic mass is 19.3. The molecule has 47 heavy (non-hydrogen) atoms. The summed E-state index contributed by atoms with van der Waals surface area (Å²) in [5.74, 6) is -8.60. The number of aryl methyl sites for hydroxylation is 1. The normalized spacial score (nSPS) is 18.0. The number of halogens is 2. The molecule has 2 fully saturated rings. The van der Waals surface area contributed by atoms with Crippen molar-refractivity contribution in [3.63, 3.8) is 0 Å². The van der Waals surface area contributed by atoms with Gasteiger partial charge in [-0.15, -0.1) is 0 Å². The molecule has 4 amide bonds. The first-order valence-corrected chi connectivity index (χ1v) is 14.9. The smallest absolute Gasteiger partial charge is 0.409 e. The Kier molecular flexibility index (Phi) is 10.8. The number of rotatable bonds is 11. The summed E-state index contributed by atoms with van der Waals surface area (Å²) >= 11 is 0. The van der Waals surface area contributed by atoms with Crippen LogP contribution in [0.5, 0.6) is 5.75 Å². The Morgan fingerprint density at radius 1 is 1.06 bits per heavy atom. The topological polar surface area (TPSA) is 196 Å². The van der Waals surface area contributed by atoms with Crippen molar-refractivity contribution in [1.82, 2.24) is 25.0 Å². The van der Waals surface area contributed by atoms with Gasteiger partial charge in [-0.3, -0.25) is 19.2 Å². The third-order valence-corrected chi connectivity index (χ3v) is 7.75. The van der Waals surface area contributed by atoms with Crippen molar-refractivity contribution in [2.24, 2.45) is 0 Å². The molecule has 4 rings (SSSR count). The quantitative estimate of drug-likeness (QED) is 0.315. The zero-order valence-electron chi connectivity index (χ0n) is 25.7. The molecule has 3 heterocycles. The molecule has 254 valence electrons. The lowest BCUT2D eigenvalue weighted by atomic mass is 10.1. The molecule has 2 atom stereocenters. The number of carboxylic acids is 2. The maximum Gasteiger partial charge on any atom is 0.409 e. The first kappa shape index (κ1) is 34.8. The van der Waals surface area contributed by atoms with Gasteiger partial charge in [0, 0.05) is 50.5 Å². The Hall–Kier alpha value is -5.09. The molecule has 0 aliphatic carbocycles. The summed E-state index contributed by atoms with van der Waals surface area (Å²) in [5.41, 5.74) is 0.770. The van der Waals surface area contributed by atoms with Gasteiger partial charge in [0.1, 0.15) is 23.5 Å². The number of carbonyl (C=O) groups excluding carboxylic acids is 4. The first-order valence-electron chi connectivity index (χ1n) is 14.9.